The van der Waals surface area contributed by atoms with Gasteiger partial charge < -0.3 is 14.4 Å². The van der Waals surface area contributed by atoms with Crippen LogP contribution < -0.4 is 4.90 Å². The molecular formula is C24H24N2O5S. The first-order chi connectivity index (χ1) is 15.6. The van der Waals surface area contributed by atoms with Crippen molar-refractivity contribution in [2.75, 3.05) is 37.8 Å². The lowest BCUT2D eigenvalue weighted by atomic mass is 10.1. The van der Waals surface area contributed by atoms with Crippen LogP contribution in [0.1, 0.15) is 23.7 Å². The number of benzene rings is 2. The highest BCUT2D eigenvalue weighted by molar-refractivity contribution is 8.04. The van der Waals surface area contributed by atoms with Crippen molar-refractivity contribution in [3.05, 3.63) is 70.8 Å². The fraction of sp³-hybridized carbons (Fsp3) is 0.292. The van der Waals surface area contributed by atoms with Gasteiger partial charge in [0.2, 0.25) is 0 Å². The van der Waals surface area contributed by atoms with E-state index in [-0.39, 0.29) is 17.9 Å². The lowest BCUT2D eigenvalue weighted by molar-refractivity contribution is -0.121. The molecule has 2 amide bonds. The van der Waals surface area contributed by atoms with Gasteiger partial charge in [0, 0.05) is 18.0 Å². The topological polar surface area (TPSA) is 76.2 Å². The highest BCUT2D eigenvalue weighted by atomic mass is 32.2. The van der Waals surface area contributed by atoms with Crippen molar-refractivity contribution < 1.29 is 23.9 Å². The van der Waals surface area contributed by atoms with Crippen molar-refractivity contribution in [3.8, 4) is 0 Å². The number of anilines is 1. The van der Waals surface area contributed by atoms with Gasteiger partial charge in [0.15, 0.2) is 0 Å². The Hall–Kier alpha value is -3.10. The van der Waals surface area contributed by atoms with Crippen LogP contribution in [0.4, 0.5) is 5.69 Å². The first kappa shape index (κ1) is 22.1. The van der Waals surface area contributed by atoms with Crippen molar-refractivity contribution in [1.29, 1.82) is 0 Å². The fourth-order valence-corrected chi connectivity index (χ4v) is 4.62. The van der Waals surface area contributed by atoms with E-state index in [1.54, 1.807) is 24.3 Å². The normalized spacial score (nSPS) is 16.7. The molecule has 7 nitrogen and oxygen atoms in total. The third-order valence-electron chi connectivity index (χ3n) is 5.11. The lowest BCUT2D eigenvalue weighted by Gasteiger charge is -2.29. The Balaban J connectivity index is 1.73. The predicted molar refractivity (Wildman–Crippen MR) is 121 cm³/mol. The van der Waals surface area contributed by atoms with Crippen LogP contribution >= 0.6 is 11.8 Å². The number of rotatable bonds is 7. The zero-order chi connectivity index (χ0) is 22.5. The molecule has 2 aliphatic heterocycles. The monoisotopic (exact) mass is 452 g/mol. The zero-order valence-electron chi connectivity index (χ0n) is 17.8. The van der Waals surface area contributed by atoms with Crippen LogP contribution in [0.2, 0.25) is 0 Å². The van der Waals surface area contributed by atoms with E-state index in [0.717, 1.165) is 9.80 Å². The molecule has 0 aliphatic carbocycles. The lowest BCUT2D eigenvalue weighted by Crippen LogP contribution is -2.40. The summed E-state index contributed by atoms with van der Waals surface area (Å²) in [5.41, 5.74) is 0.775. The number of nitrogens with zero attached hydrogens (tertiary/aromatic N) is 2. The molecule has 0 aromatic heterocycles. The summed E-state index contributed by atoms with van der Waals surface area (Å²) >= 11 is 1.26. The minimum absolute atomic E-state index is 0.190. The zero-order valence-corrected chi connectivity index (χ0v) is 18.6. The molecule has 0 unspecified atom stereocenters. The quantitative estimate of drug-likeness (QED) is 0.470. The molecule has 2 aromatic carbocycles. The average Bonchev–Trinajstić information content (AvgIpc) is 3.07. The highest BCUT2D eigenvalue weighted by Crippen LogP contribution is 2.39. The maximum atomic E-state index is 13.6. The van der Waals surface area contributed by atoms with Crippen LogP contribution in [0.5, 0.6) is 0 Å². The van der Waals surface area contributed by atoms with Gasteiger partial charge in [0.25, 0.3) is 11.8 Å². The Labute approximate surface area is 191 Å². The van der Waals surface area contributed by atoms with Gasteiger partial charge >= 0.3 is 5.97 Å². The van der Waals surface area contributed by atoms with Crippen molar-refractivity contribution in [1.82, 2.24) is 4.90 Å². The molecule has 0 bridgehead atoms. The Bertz CT molecular complexity index is 1050. The Morgan fingerprint density at radius 3 is 2.41 bits per heavy atom. The standard InChI is InChI=1S/C24H24N2O5S/c1-2-14-31-24(29)18-10-6-7-11-19(18)26-22(27)20(25-12-15-30-16-13-25)21(23(26)28)32-17-8-4-3-5-9-17/h3-11H,2,12-16H2,1H3. The van der Waals surface area contributed by atoms with Crippen molar-refractivity contribution in [2.24, 2.45) is 0 Å². The second-order valence-corrected chi connectivity index (χ2v) is 8.37. The molecule has 0 spiro atoms. The summed E-state index contributed by atoms with van der Waals surface area (Å²) in [6.45, 7) is 4.16. The van der Waals surface area contributed by atoms with Crippen LogP contribution in [0.3, 0.4) is 0 Å². The third kappa shape index (κ3) is 4.42. The number of hydrogen-bond acceptors (Lipinski definition) is 7. The molecule has 0 atom stereocenters. The summed E-state index contributed by atoms with van der Waals surface area (Å²) in [4.78, 5) is 44.0. The molecule has 0 saturated carbocycles. The van der Waals surface area contributed by atoms with E-state index in [0.29, 0.717) is 43.3 Å². The van der Waals surface area contributed by atoms with Gasteiger partial charge in [-0.25, -0.2) is 9.69 Å². The largest absolute Gasteiger partial charge is 0.462 e. The number of esters is 1. The van der Waals surface area contributed by atoms with Gasteiger partial charge in [-0.2, -0.15) is 0 Å². The number of carbonyl (C=O) groups is 3. The van der Waals surface area contributed by atoms with Gasteiger partial charge in [-0.1, -0.05) is 49.0 Å². The van der Waals surface area contributed by atoms with Crippen molar-refractivity contribution in [2.45, 2.75) is 18.2 Å². The SMILES string of the molecule is CCCOC(=O)c1ccccc1N1C(=O)C(Sc2ccccc2)=C(N2CCOCC2)C1=O. The van der Waals surface area contributed by atoms with E-state index in [1.807, 2.05) is 42.2 Å². The molecular weight excluding hydrogens is 428 g/mol. The first-order valence-electron chi connectivity index (χ1n) is 10.6. The Morgan fingerprint density at radius 2 is 1.69 bits per heavy atom. The number of hydrogen-bond donors (Lipinski definition) is 0. The highest BCUT2D eigenvalue weighted by Gasteiger charge is 2.44. The maximum absolute atomic E-state index is 13.6. The molecule has 8 heteroatoms. The number of morpholine rings is 1. The molecule has 2 aromatic rings. The number of ether oxygens (including phenoxy) is 2. The fourth-order valence-electron chi connectivity index (χ4n) is 3.59. The second kappa shape index (κ2) is 10.0. The van der Waals surface area contributed by atoms with E-state index in [9.17, 15) is 14.4 Å². The summed E-state index contributed by atoms with van der Waals surface area (Å²) in [6, 6.07) is 16.0. The summed E-state index contributed by atoms with van der Waals surface area (Å²) < 4.78 is 10.7. The van der Waals surface area contributed by atoms with Crippen LogP contribution in [0.25, 0.3) is 0 Å². The molecule has 166 valence electrons. The maximum Gasteiger partial charge on any atom is 0.340 e. The predicted octanol–water partition coefficient (Wildman–Crippen LogP) is 3.46. The number of carbonyl (C=O) groups excluding carboxylic acids is 3. The van der Waals surface area contributed by atoms with E-state index in [1.165, 1.54) is 11.8 Å². The van der Waals surface area contributed by atoms with E-state index >= 15 is 0 Å². The molecule has 2 heterocycles. The summed E-state index contributed by atoms with van der Waals surface area (Å²) in [7, 11) is 0. The number of thioether (sulfide) groups is 1. The van der Waals surface area contributed by atoms with Crippen LogP contribution in [-0.2, 0) is 19.1 Å². The van der Waals surface area contributed by atoms with Crippen molar-refractivity contribution >= 4 is 35.2 Å². The minimum Gasteiger partial charge on any atom is -0.462 e. The van der Waals surface area contributed by atoms with Crippen LogP contribution in [0, 0.1) is 0 Å². The smallest absolute Gasteiger partial charge is 0.340 e. The van der Waals surface area contributed by atoms with Gasteiger partial charge in [0.05, 0.1) is 31.1 Å². The van der Waals surface area contributed by atoms with Gasteiger partial charge in [-0.15, -0.1) is 0 Å². The van der Waals surface area contributed by atoms with Gasteiger partial charge in [-0.3, -0.25) is 9.59 Å². The molecule has 32 heavy (non-hydrogen) atoms. The molecule has 1 fully saturated rings. The summed E-state index contributed by atoms with van der Waals surface area (Å²) in [5, 5.41) is 0. The van der Waals surface area contributed by atoms with E-state index < -0.39 is 17.8 Å². The number of imide groups is 1. The molecule has 4 rings (SSSR count). The van der Waals surface area contributed by atoms with E-state index in [4.69, 9.17) is 9.47 Å². The molecule has 2 aliphatic rings. The Kier molecular flexibility index (Phi) is 6.92. The first-order valence-corrected chi connectivity index (χ1v) is 11.4. The van der Waals surface area contributed by atoms with E-state index in [2.05, 4.69) is 0 Å². The second-order valence-electron chi connectivity index (χ2n) is 7.29. The van der Waals surface area contributed by atoms with Crippen LogP contribution in [-0.4, -0.2) is 55.6 Å². The summed E-state index contributed by atoms with van der Waals surface area (Å²) in [6.07, 6.45) is 0.677. The van der Waals surface area contributed by atoms with Crippen LogP contribution in [0.15, 0.2) is 70.1 Å². The number of amides is 2. The molecule has 0 radical (unpaired) electrons. The summed E-state index contributed by atoms with van der Waals surface area (Å²) in [5.74, 6) is -1.44. The molecule has 0 N–H and O–H groups in total. The van der Waals surface area contributed by atoms with Crippen molar-refractivity contribution in [3.63, 3.8) is 0 Å². The minimum atomic E-state index is -0.555. The van der Waals surface area contributed by atoms with Gasteiger partial charge in [0.1, 0.15) is 10.6 Å². The third-order valence-corrected chi connectivity index (χ3v) is 6.19. The van der Waals surface area contributed by atoms with Gasteiger partial charge in [-0.05, 0) is 30.7 Å². The molecule has 1 saturated heterocycles. The Morgan fingerprint density at radius 1 is 1.00 bits per heavy atom. The number of para-hydroxylation sites is 1. The average molecular weight is 453 g/mol.